The lowest BCUT2D eigenvalue weighted by atomic mass is 9.96. The number of hydrogen-bond acceptors (Lipinski definition) is 4. The molecule has 7 nitrogen and oxygen atoms in total. The van der Waals surface area contributed by atoms with Gasteiger partial charge in [-0.15, -0.1) is 0 Å². The number of rotatable bonds is 5. The Kier molecular flexibility index (Phi) is 4.31. The fraction of sp³-hybridized carbons (Fsp3) is 0.812. The molecule has 2 saturated heterocycles. The standard InChI is InChI=1S/C16H25N3O4/c1-3-23-12-5-4-8-18(9-12)13(20)10-19-14(21)16(2,11-6-7-11)17-15(19)22/h11-12H,3-10H2,1-2H3,(H,17,22)/t12-,16+/m1/s1. The topological polar surface area (TPSA) is 79.0 Å². The van der Waals surface area contributed by atoms with Gasteiger partial charge in [-0.1, -0.05) is 0 Å². The maximum atomic E-state index is 12.6. The van der Waals surface area contributed by atoms with E-state index < -0.39 is 11.6 Å². The average molecular weight is 323 g/mol. The van der Waals surface area contributed by atoms with Crippen LogP contribution in [0.4, 0.5) is 4.79 Å². The second kappa shape index (κ2) is 6.11. The van der Waals surface area contributed by atoms with Gasteiger partial charge in [-0.05, 0) is 45.4 Å². The van der Waals surface area contributed by atoms with Gasteiger partial charge in [-0.3, -0.25) is 14.5 Å². The van der Waals surface area contributed by atoms with Crippen LogP contribution in [-0.2, 0) is 14.3 Å². The van der Waals surface area contributed by atoms with Gasteiger partial charge in [0.15, 0.2) is 0 Å². The van der Waals surface area contributed by atoms with Crippen molar-refractivity contribution in [1.29, 1.82) is 0 Å². The number of nitrogens with one attached hydrogen (secondary N) is 1. The first-order chi connectivity index (χ1) is 11.0. The van der Waals surface area contributed by atoms with Crippen molar-refractivity contribution in [2.45, 2.75) is 51.2 Å². The van der Waals surface area contributed by atoms with E-state index in [4.69, 9.17) is 4.74 Å². The van der Waals surface area contributed by atoms with Crippen LogP contribution in [0.25, 0.3) is 0 Å². The van der Waals surface area contributed by atoms with E-state index in [0.717, 1.165) is 30.6 Å². The first kappa shape index (κ1) is 16.2. The van der Waals surface area contributed by atoms with E-state index >= 15 is 0 Å². The number of likely N-dealkylation sites (tertiary alicyclic amines) is 1. The predicted molar refractivity (Wildman–Crippen MR) is 82.6 cm³/mol. The van der Waals surface area contributed by atoms with E-state index in [9.17, 15) is 14.4 Å². The summed E-state index contributed by atoms with van der Waals surface area (Å²) in [5.41, 5.74) is -0.826. The number of hydrogen-bond donors (Lipinski definition) is 1. The first-order valence-corrected chi connectivity index (χ1v) is 8.49. The molecule has 2 heterocycles. The zero-order chi connectivity index (χ0) is 16.6. The van der Waals surface area contributed by atoms with Crippen LogP contribution >= 0.6 is 0 Å². The Bertz CT molecular complexity index is 517. The van der Waals surface area contributed by atoms with Crippen molar-refractivity contribution in [2.24, 2.45) is 5.92 Å². The molecular formula is C16H25N3O4. The number of nitrogens with zero attached hydrogens (tertiary/aromatic N) is 2. The molecule has 0 aromatic carbocycles. The third kappa shape index (κ3) is 3.06. The number of ether oxygens (including phenoxy) is 1. The van der Waals surface area contributed by atoms with Crippen LogP contribution < -0.4 is 5.32 Å². The summed E-state index contributed by atoms with van der Waals surface area (Å²) >= 11 is 0. The van der Waals surface area contributed by atoms with E-state index in [0.29, 0.717) is 19.7 Å². The van der Waals surface area contributed by atoms with Crippen molar-refractivity contribution in [3.8, 4) is 0 Å². The molecule has 0 spiro atoms. The van der Waals surface area contributed by atoms with Gasteiger partial charge in [0.25, 0.3) is 5.91 Å². The molecule has 23 heavy (non-hydrogen) atoms. The predicted octanol–water partition coefficient (Wildman–Crippen LogP) is 0.734. The number of amides is 4. The molecule has 0 bridgehead atoms. The second-order valence-electron chi connectivity index (χ2n) is 6.86. The van der Waals surface area contributed by atoms with Gasteiger partial charge in [0.05, 0.1) is 6.10 Å². The molecule has 1 N–H and O–H groups in total. The summed E-state index contributed by atoms with van der Waals surface area (Å²) in [6.07, 6.45) is 3.79. The largest absolute Gasteiger partial charge is 0.377 e. The van der Waals surface area contributed by atoms with Crippen LogP contribution in [0.5, 0.6) is 0 Å². The molecule has 7 heteroatoms. The Morgan fingerprint density at radius 1 is 1.35 bits per heavy atom. The average Bonchev–Trinajstić information content (AvgIpc) is 3.34. The normalized spacial score (nSPS) is 31.5. The zero-order valence-corrected chi connectivity index (χ0v) is 13.8. The maximum Gasteiger partial charge on any atom is 0.325 e. The van der Waals surface area contributed by atoms with Gasteiger partial charge >= 0.3 is 6.03 Å². The van der Waals surface area contributed by atoms with Gasteiger partial charge in [0, 0.05) is 19.7 Å². The van der Waals surface area contributed by atoms with Gasteiger partial charge in [-0.25, -0.2) is 4.79 Å². The van der Waals surface area contributed by atoms with Gasteiger partial charge in [-0.2, -0.15) is 0 Å². The second-order valence-corrected chi connectivity index (χ2v) is 6.86. The quantitative estimate of drug-likeness (QED) is 0.757. The van der Waals surface area contributed by atoms with Crippen molar-refractivity contribution < 1.29 is 19.1 Å². The highest BCUT2D eigenvalue weighted by Gasteiger charge is 2.56. The van der Waals surface area contributed by atoms with Crippen molar-refractivity contribution in [2.75, 3.05) is 26.2 Å². The van der Waals surface area contributed by atoms with Crippen LogP contribution in [0.3, 0.4) is 0 Å². The Morgan fingerprint density at radius 3 is 2.74 bits per heavy atom. The summed E-state index contributed by atoms with van der Waals surface area (Å²) in [6, 6.07) is -0.448. The SMILES string of the molecule is CCO[C@@H]1CCCN(C(=O)CN2C(=O)N[C@@](C)(C3CC3)C2=O)C1. The van der Waals surface area contributed by atoms with Crippen molar-refractivity contribution >= 4 is 17.8 Å². The molecule has 4 amide bonds. The number of urea groups is 1. The summed E-state index contributed by atoms with van der Waals surface area (Å²) < 4.78 is 5.59. The third-order valence-electron chi connectivity index (χ3n) is 5.12. The molecule has 128 valence electrons. The minimum absolute atomic E-state index is 0.0533. The third-order valence-corrected chi connectivity index (χ3v) is 5.12. The minimum atomic E-state index is -0.826. The smallest absolute Gasteiger partial charge is 0.325 e. The van der Waals surface area contributed by atoms with Gasteiger partial charge < -0.3 is 15.0 Å². The van der Waals surface area contributed by atoms with E-state index in [1.54, 1.807) is 11.8 Å². The Morgan fingerprint density at radius 2 is 2.09 bits per heavy atom. The van der Waals surface area contributed by atoms with E-state index in [1.165, 1.54) is 0 Å². The lowest BCUT2D eigenvalue weighted by molar-refractivity contribution is -0.141. The molecule has 2 aliphatic heterocycles. The van der Waals surface area contributed by atoms with Crippen LogP contribution in [0, 0.1) is 5.92 Å². The van der Waals surface area contributed by atoms with Crippen LogP contribution in [0.15, 0.2) is 0 Å². The van der Waals surface area contributed by atoms with Crippen molar-refractivity contribution in [3.05, 3.63) is 0 Å². The highest BCUT2D eigenvalue weighted by molar-refractivity contribution is 6.09. The summed E-state index contributed by atoms with van der Waals surface area (Å²) in [6.45, 7) is 5.35. The number of carbonyl (C=O) groups excluding carboxylic acids is 3. The molecule has 0 unspecified atom stereocenters. The molecule has 0 radical (unpaired) electrons. The van der Waals surface area contributed by atoms with E-state index in [-0.39, 0.29) is 30.4 Å². The lowest BCUT2D eigenvalue weighted by Crippen LogP contribution is -2.49. The fourth-order valence-corrected chi connectivity index (χ4v) is 3.57. The first-order valence-electron chi connectivity index (χ1n) is 8.49. The number of carbonyl (C=O) groups is 3. The summed E-state index contributed by atoms with van der Waals surface area (Å²) in [7, 11) is 0. The highest BCUT2D eigenvalue weighted by atomic mass is 16.5. The molecule has 3 fully saturated rings. The summed E-state index contributed by atoms with van der Waals surface area (Å²) in [4.78, 5) is 39.9. The molecule has 1 aliphatic carbocycles. The Labute approximate surface area is 136 Å². The van der Waals surface area contributed by atoms with E-state index in [1.807, 2.05) is 6.92 Å². The van der Waals surface area contributed by atoms with Crippen molar-refractivity contribution in [1.82, 2.24) is 15.1 Å². The molecular weight excluding hydrogens is 298 g/mol. The minimum Gasteiger partial charge on any atom is -0.377 e. The summed E-state index contributed by atoms with van der Waals surface area (Å²) in [5.74, 6) is -0.244. The Hall–Kier alpha value is -1.63. The highest BCUT2D eigenvalue weighted by Crippen LogP contribution is 2.42. The maximum absolute atomic E-state index is 12.6. The lowest BCUT2D eigenvalue weighted by Gasteiger charge is -2.33. The molecule has 3 rings (SSSR count). The summed E-state index contributed by atoms with van der Waals surface area (Å²) in [5, 5.41) is 2.77. The number of piperidine rings is 1. The zero-order valence-electron chi connectivity index (χ0n) is 13.8. The molecule has 3 aliphatic rings. The molecule has 0 aromatic heterocycles. The van der Waals surface area contributed by atoms with Crippen LogP contribution in [-0.4, -0.2) is 65.5 Å². The van der Waals surface area contributed by atoms with E-state index in [2.05, 4.69) is 5.32 Å². The van der Waals surface area contributed by atoms with Crippen molar-refractivity contribution in [3.63, 3.8) is 0 Å². The fourth-order valence-electron chi connectivity index (χ4n) is 3.57. The van der Waals surface area contributed by atoms with Crippen LogP contribution in [0.2, 0.25) is 0 Å². The van der Waals surface area contributed by atoms with Gasteiger partial charge in [0.1, 0.15) is 12.1 Å². The monoisotopic (exact) mass is 323 g/mol. The number of imide groups is 1. The van der Waals surface area contributed by atoms with Crippen LogP contribution in [0.1, 0.15) is 39.5 Å². The molecule has 1 saturated carbocycles. The molecule has 0 aromatic rings. The molecule has 2 atom stereocenters. The van der Waals surface area contributed by atoms with Gasteiger partial charge in [0.2, 0.25) is 5.91 Å². The Balaban J connectivity index is 1.61.